The van der Waals surface area contributed by atoms with Gasteiger partial charge in [-0.15, -0.1) is 0 Å². The van der Waals surface area contributed by atoms with Gasteiger partial charge in [-0.2, -0.15) is 0 Å². The second-order valence-corrected chi connectivity index (χ2v) is 1.50. The first kappa shape index (κ1) is 7.97. The van der Waals surface area contributed by atoms with Gasteiger partial charge in [0.15, 0.2) is 0 Å². The number of rotatable bonds is 2. The van der Waals surface area contributed by atoms with E-state index in [1.165, 1.54) is 24.4 Å². The third-order valence-corrected chi connectivity index (χ3v) is 0.647. The number of nitrogens with zero attached hydrogens (tertiary/aromatic N) is 1. The minimum Gasteiger partial charge on any atom is -0.466 e. The third-order valence-electron chi connectivity index (χ3n) is 0.647. The normalized spacial score (nSPS) is 9.67. The number of esters is 1. The van der Waals surface area contributed by atoms with Gasteiger partial charge in [0, 0.05) is 19.3 Å². The van der Waals surface area contributed by atoms with Crippen molar-refractivity contribution < 1.29 is 9.53 Å². The van der Waals surface area contributed by atoms with E-state index in [0.717, 1.165) is 0 Å². The van der Waals surface area contributed by atoms with Crippen LogP contribution in [-0.2, 0) is 9.53 Å². The van der Waals surface area contributed by atoms with Crippen molar-refractivity contribution in [1.82, 2.24) is 5.01 Å². The fourth-order valence-corrected chi connectivity index (χ4v) is 0.246. The molecule has 0 fully saturated rings. The lowest BCUT2D eigenvalue weighted by molar-refractivity contribution is -0.134. The van der Waals surface area contributed by atoms with Crippen molar-refractivity contribution in [3.63, 3.8) is 0 Å². The average molecular weight is 130 g/mol. The van der Waals surface area contributed by atoms with Crippen LogP contribution in [0, 0.1) is 0 Å². The molecule has 4 heteroatoms. The molecule has 0 aliphatic heterocycles. The molecule has 0 saturated carbocycles. The molecule has 2 N–H and O–H groups in total. The monoisotopic (exact) mass is 130 g/mol. The molecule has 0 heterocycles. The number of nitrogens with two attached hydrogens (primary N) is 1. The first-order chi connectivity index (χ1) is 4.16. The lowest BCUT2D eigenvalue weighted by atomic mass is 10.6. The van der Waals surface area contributed by atoms with E-state index in [1.54, 1.807) is 7.05 Å². The molecule has 9 heavy (non-hydrogen) atoms. The molecule has 52 valence electrons. The Morgan fingerprint density at radius 1 is 1.78 bits per heavy atom. The van der Waals surface area contributed by atoms with E-state index in [2.05, 4.69) is 4.74 Å². The van der Waals surface area contributed by atoms with Crippen LogP contribution >= 0.6 is 0 Å². The highest BCUT2D eigenvalue weighted by molar-refractivity contribution is 5.81. The van der Waals surface area contributed by atoms with E-state index in [1.807, 2.05) is 0 Å². The first-order valence-electron chi connectivity index (χ1n) is 2.40. The van der Waals surface area contributed by atoms with Crippen molar-refractivity contribution >= 4 is 5.97 Å². The second kappa shape index (κ2) is 3.91. The van der Waals surface area contributed by atoms with Crippen molar-refractivity contribution in [3.05, 3.63) is 12.3 Å². The molecule has 0 saturated heterocycles. The Balaban J connectivity index is 3.57. The molecular weight excluding hydrogens is 120 g/mol. The van der Waals surface area contributed by atoms with Gasteiger partial charge in [-0.05, 0) is 0 Å². The summed E-state index contributed by atoms with van der Waals surface area (Å²) in [5.74, 6) is 4.72. The number of hydrogen-bond acceptors (Lipinski definition) is 4. The van der Waals surface area contributed by atoms with Crippen molar-refractivity contribution in [1.29, 1.82) is 0 Å². The van der Waals surface area contributed by atoms with Crippen LogP contribution in [0.25, 0.3) is 0 Å². The van der Waals surface area contributed by atoms with Crippen LogP contribution in [0.1, 0.15) is 0 Å². The van der Waals surface area contributed by atoms with Crippen molar-refractivity contribution in [2.24, 2.45) is 5.84 Å². The van der Waals surface area contributed by atoms with Crippen LogP contribution in [0.3, 0.4) is 0 Å². The minimum absolute atomic E-state index is 0.410. The predicted molar refractivity (Wildman–Crippen MR) is 33.1 cm³/mol. The Hall–Kier alpha value is -1.03. The summed E-state index contributed by atoms with van der Waals surface area (Å²) in [5.41, 5.74) is 0. The standard InChI is InChI=1S/C5H10N2O2/c1-7(6)4-3-5(8)9-2/h3-4H,6H2,1-2H3/b4-3+. The molecule has 0 rings (SSSR count). The van der Waals surface area contributed by atoms with Crippen LogP contribution in [0.2, 0.25) is 0 Å². The molecule has 0 aromatic rings. The lowest BCUT2D eigenvalue weighted by Crippen LogP contribution is -2.18. The van der Waals surface area contributed by atoms with Crippen LogP contribution < -0.4 is 5.84 Å². The number of hydrazine groups is 1. The Bertz CT molecular complexity index is 120. The fourth-order valence-electron chi connectivity index (χ4n) is 0.246. The van der Waals surface area contributed by atoms with E-state index in [0.29, 0.717) is 0 Å². The number of carbonyl (C=O) groups is 1. The summed E-state index contributed by atoms with van der Waals surface area (Å²) < 4.78 is 4.29. The fraction of sp³-hybridized carbons (Fsp3) is 0.400. The zero-order valence-electron chi connectivity index (χ0n) is 5.50. The van der Waals surface area contributed by atoms with Crippen molar-refractivity contribution in [3.8, 4) is 0 Å². The van der Waals surface area contributed by atoms with E-state index < -0.39 is 5.97 Å². The molecule has 0 bridgehead atoms. The second-order valence-electron chi connectivity index (χ2n) is 1.50. The maximum absolute atomic E-state index is 10.3. The van der Waals surface area contributed by atoms with Gasteiger partial charge < -0.3 is 9.75 Å². The molecule has 0 amide bonds. The average Bonchev–Trinajstić information content (AvgIpc) is 1.83. The summed E-state index contributed by atoms with van der Waals surface area (Å²) in [6.07, 6.45) is 2.64. The van der Waals surface area contributed by atoms with Gasteiger partial charge in [-0.1, -0.05) is 0 Å². The van der Waals surface area contributed by atoms with Gasteiger partial charge in [0.05, 0.1) is 7.11 Å². The quantitative estimate of drug-likeness (QED) is 0.236. The molecule has 0 atom stereocenters. The highest BCUT2D eigenvalue weighted by Crippen LogP contribution is 1.77. The van der Waals surface area contributed by atoms with Crippen LogP contribution in [0.5, 0.6) is 0 Å². The van der Waals surface area contributed by atoms with Crippen LogP contribution in [-0.4, -0.2) is 25.1 Å². The number of carbonyl (C=O) groups excluding carboxylic acids is 1. The topological polar surface area (TPSA) is 55.6 Å². The lowest BCUT2D eigenvalue weighted by Gasteiger charge is -2.01. The first-order valence-corrected chi connectivity index (χ1v) is 2.40. The number of hydrogen-bond donors (Lipinski definition) is 1. The Morgan fingerprint density at radius 3 is 2.67 bits per heavy atom. The van der Waals surface area contributed by atoms with Crippen molar-refractivity contribution in [2.75, 3.05) is 14.2 Å². The summed E-state index contributed by atoms with van der Waals surface area (Å²) in [7, 11) is 2.92. The highest BCUT2D eigenvalue weighted by atomic mass is 16.5. The molecule has 0 aliphatic rings. The maximum atomic E-state index is 10.3. The largest absolute Gasteiger partial charge is 0.466 e. The summed E-state index contributed by atoms with van der Waals surface area (Å²) in [4.78, 5) is 10.3. The molecular formula is C5H10N2O2. The van der Waals surface area contributed by atoms with Gasteiger partial charge in [-0.25, -0.2) is 10.6 Å². The summed E-state index contributed by atoms with van der Waals surface area (Å²) in [5, 5.41) is 1.26. The van der Waals surface area contributed by atoms with Crippen LogP contribution in [0.4, 0.5) is 0 Å². The van der Waals surface area contributed by atoms with Gasteiger partial charge >= 0.3 is 5.97 Å². The molecule has 0 aromatic heterocycles. The van der Waals surface area contributed by atoms with E-state index >= 15 is 0 Å². The molecule has 0 spiro atoms. The maximum Gasteiger partial charge on any atom is 0.331 e. The molecule has 4 nitrogen and oxygen atoms in total. The summed E-state index contributed by atoms with van der Waals surface area (Å²) in [6, 6.07) is 0. The summed E-state index contributed by atoms with van der Waals surface area (Å²) >= 11 is 0. The minimum atomic E-state index is -0.410. The molecule has 0 radical (unpaired) electrons. The molecule has 0 aliphatic carbocycles. The summed E-state index contributed by atoms with van der Waals surface area (Å²) in [6.45, 7) is 0. The molecule has 0 aromatic carbocycles. The van der Waals surface area contributed by atoms with E-state index in [-0.39, 0.29) is 0 Å². The highest BCUT2D eigenvalue weighted by Gasteiger charge is 1.88. The predicted octanol–water partition coefficient (Wildman–Crippen LogP) is -0.521. The SMILES string of the molecule is COC(=O)/C=C/N(C)N. The third kappa shape index (κ3) is 4.83. The number of ether oxygens (including phenoxy) is 1. The molecule has 0 unspecified atom stereocenters. The van der Waals surface area contributed by atoms with Gasteiger partial charge in [0.25, 0.3) is 0 Å². The van der Waals surface area contributed by atoms with Crippen LogP contribution in [0.15, 0.2) is 12.3 Å². The zero-order valence-corrected chi connectivity index (χ0v) is 5.50. The van der Waals surface area contributed by atoms with Gasteiger partial charge in [0.1, 0.15) is 0 Å². The smallest absolute Gasteiger partial charge is 0.331 e. The Kier molecular flexibility index (Phi) is 3.46. The Morgan fingerprint density at radius 2 is 2.33 bits per heavy atom. The zero-order chi connectivity index (χ0) is 7.28. The van der Waals surface area contributed by atoms with Gasteiger partial charge in [-0.3, -0.25) is 0 Å². The van der Waals surface area contributed by atoms with Gasteiger partial charge in [0.2, 0.25) is 0 Å². The van der Waals surface area contributed by atoms with E-state index in [4.69, 9.17) is 5.84 Å². The van der Waals surface area contributed by atoms with E-state index in [9.17, 15) is 4.79 Å². The number of methoxy groups -OCH3 is 1. The Labute approximate surface area is 53.9 Å². The van der Waals surface area contributed by atoms with Crippen molar-refractivity contribution in [2.45, 2.75) is 0 Å².